The van der Waals surface area contributed by atoms with E-state index in [2.05, 4.69) is 9.72 Å². The standard InChI is InChI=1S/C18H19F3N2O2/c19-18(20,21)12-25-11-13-5-7-14(8-6-13)17(24)23-10-2-4-16(23)15-3-1-9-22-15/h1,3,5-9,16,22H,2,4,10-12H2/t16-/m0/s1. The monoisotopic (exact) mass is 352 g/mol. The molecule has 1 saturated heterocycles. The number of benzene rings is 1. The Labute approximate surface area is 143 Å². The number of rotatable bonds is 5. The highest BCUT2D eigenvalue weighted by Crippen LogP contribution is 2.32. The van der Waals surface area contributed by atoms with E-state index in [0.717, 1.165) is 18.5 Å². The Morgan fingerprint density at radius 1 is 1.24 bits per heavy atom. The molecule has 0 bridgehead atoms. The molecule has 0 spiro atoms. The molecule has 1 aromatic carbocycles. The number of halogens is 3. The maximum atomic E-state index is 12.7. The van der Waals surface area contributed by atoms with E-state index in [4.69, 9.17) is 0 Å². The third-order valence-corrected chi connectivity index (χ3v) is 4.23. The molecule has 0 aliphatic carbocycles. The van der Waals surface area contributed by atoms with Gasteiger partial charge in [-0.3, -0.25) is 4.79 Å². The zero-order valence-electron chi connectivity index (χ0n) is 13.6. The minimum Gasteiger partial charge on any atom is -0.367 e. The fourth-order valence-electron chi connectivity index (χ4n) is 3.08. The van der Waals surface area contributed by atoms with E-state index in [9.17, 15) is 18.0 Å². The number of hydrogen-bond donors (Lipinski definition) is 1. The van der Waals surface area contributed by atoms with Gasteiger partial charge in [-0.2, -0.15) is 13.2 Å². The van der Waals surface area contributed by atoms with Crippen molar-refractivity contribution in [3.05, 3.63) is 59.4 Å². The van der Waals surface area contributed by atoms with Gasteiger partial charge < -0.3 is 14.6 Å². The van der Waals surface area contributed by atoms with Crippen molar-refractivity contribution in [2.45, 2.75) is 31.7 Å². The van der Waals surface area contributed by atoms with Crippen molar-refractivity contribution in [1.82, 2.24) is 9.88 Å². The smallest absolute Gasteiger partial charge is 0.367 e. The Hall–Kier alpha value is -2.28. The van der Waals surface area contributed by atoms with Crippen LogP contribution in [0.3, 0.4) is 0 Å². The number of nitrogens with zero attached hydrogens (tertiary/aromatic N) is 1. The van der Waals surface area contributed by atoms with Gasteiger partial charge in [0.15, 0.2) is 0 Å². The van der Waals surface area contributed by atoms with E-state index in [1.165, 1.54) is 0 Å². The van der Waals surface area contributed by atoms with Crippen LogP contribution in [0.5, 0.6) is 0 Å². The van der Waals surface area contributed by atoms with Gasteiger partial charge in [-0.1, -0.05) is 12.1 Å². The van der Waals surface area contributed by atoms with Gasteiger partial charge in [-0.15, -0.1) is 0 Å². The number of nitrogens with one attached hydrogen (secondary N) is 1. The van der Waals surface area contributed by atoms with Gasteiger partial charge in [-0.05, 0) is 42.7 Å². The molecular formula is C18H19F3N2O2. The lowest BCUT2D eigenvalue weighted by Crippen LogP contribution is -2.30. The van der Waals surface area contributed by atoms with Gasteiger partial charge in [0.05, 0.1) is 12.6 Å². The van der Waals surface area contributed by atoms with Gasteiger partial charge in [-0.25, -0.2) is 0 Å². The van der Waals surface area contributed by atoms with Crippen LogP contribution in [0.4, 0.5) is 13.2 Å². The SMILES string of the molecule is O=C(c1ccc(COCC(F)(F)F)cc1)N1CCC[C@H]1c1ccc[nH]1. The molecule has 134 valence electrons. The molecule has 0 saturated carbocycles. The number of likely N-dealkylation sites (tertiary alicyclic amines) is 1. The van der Waals surface area contributed by atoms with E-state index in [1.807, 2.05) is 23.2 Å². The van der Waals surface area contributed by atoms with Crippen LogP contribution in [0.25, 0.3) is 0 Å². The number of alkyl halides is 3. The summed E-state index contributed by atoms with van der Waals surface area (Å²) >= 11 is 0. The zero-order valence-corrected chi connectivity index (χ0v) is 13.6. The predicted octanol–water partition coefficient (Wildman–Crippen LogP) is 4.07. The van der Waals surface area contributed by atoms with Crippen molar-refractivity contribution in [3.63, 3.8) is 0 Å². The highest BCUT2D eigenvalue weighted by atomic mass is 19.4. The summed E-state index contributed by atoms with van der Waals surface area (Å²) in [6.45, 7) is -0.721. The van der Waals surface area contributed by atoms with E-state index in [0.29, 0.717) is 17.7 Å². The average molecular weight is 352 g/mol. The quantitative estimate of drug-likeness (QED) is 0.882. The molecule has 1 atom stereocenters. The van der Waals surface area contributed by atoms with Crippen molar-refractivity contribution in [2.24, 2.45) is 0 Å². The van der Waals surface area contributed by atoms with Crippen LogP contribution in [0, 0.1) is 0 Å². The number of ether oxygens (including phenoxy) is 1. The summed E-state index contributed by atoms with van der Waals surface area (Å²) in [4.78, 5) is 17.7. The molecule has 0 unspecified atom stereocenters. The van der Waals surface area contributed by atoms with Crippen LogP contribution in [0.1, 0.15) is 40.5 Å². The van der Waals surface area contributed by atoms with Crippen LogP contribution < -0.4 is 0 Å². The van der Waals surface area contributed by atoms with E-state index in [-0.39, 0.29) is 18.6 Å². The van der Waals surface area contributed by atoms with Crippen LogP contribution in [-0.4, -0.2) is 35.1 Å². The van der Waals surface area contributed by atoms with E-state index < -0.39 is 12.8 Å². The van der Waals surface area contributed by atoms with Crippen molar-refractivity contribution in [3.8, 4) is 0 Å². The average Bonchev–Trinajstić information content (AvgIpc) is 3.24. The molecule has 3 rings (SSSR count). The minimum absolute atomic E-state index is 0.0392. The Balaban J connectivity index is 1.62. The lowest BCUT2D eigenvalue weighted by atomic mass is 10.1. The molecule has 1 aromatic heterocycles. The maximum absolute atomic E-state index is 12.7. The van der Waals surface area contributed by atoms with Gasteiger partial charge >= 0.3 is 6.18 Å². The first-order valence-electron chi connectivity index (χ1n) is 8.12. The van der Waals surface area contributed by atoms with Gasteiger partial charge in [0, 0.05) is 24.0 Å². The summed E-state index contributed by atoms with van der Waals surface area (Å²) in [5.74, 6) is -0.0696. The molecule has 2 heterocycles. The largest absolute Gasteiger partial charge is 0.411 e. The highest BCUT2D eigenvalue weighted by molar-refractivity contribution is 5.94. The second-order valence-electron chi connectivity index (χ2n) is 6.09. The first-order valence-corrected chi connectivity index (χ1v) is 8.12. The lowest BCUT2D eigenvalue weighted by molar-refractivity contribution is -0.176. The Morgan fingerprint density at radius 3 is 2.64 bits per heavy atom. The summed E-state index contributed by atoms with van der Waals surface area (Å²) in [6, 6.07) is 10.4. The number of H-pyrrole nitrogens is 1. The second kappa shape index (κ2) is 7.31. The molecule has 1 fully saturated rings. The second-order valence-corrected chi connectivity index (χ2v) is 6.09. The lowest BCUT2D eigenvalue weighted by Gasteiger charge is -2.24. The molecule has 4 nitrogen and oxygen atoms in total. The first kappa shape index (κ1) is 17.5. The maximum Gasteiger partial charge on any atom is 0.411 e. The van der Waals surface area contributed by atoms with Crippen molar-refractivity contribution in [1.29, 1.82) is 0 Å². The van der Waals surface area contributed by atoms with Crippen LogP contribution >= 0.6 is 0 Å². The number of amides is 1. The van der Waals surface area contributed by atoms with Crippen LogP contribution in [-0.2, 0) is 11.3 Å². The molecule has 1 N–H and O–H groups in total. The summed E-state index contributed by atoms with van der Waals surface area (Å²) in [5, 5.41) is 0. The van der Waals surface area contributed by atoms with E-state index in [1.54, 1.807) is 24.3 Å². The summed E-state index contributed by atoms with van der Waals surface area (Å²) < 4.78 is 40.9. The molecule has 1 aliphatic rings. The number of hydrogen-bond acceptors (Lipinski definition) is 2. The van der Waals surface area contributed by atoms with Crippen molar-refractivity contribution >= 4 is 5.91 Å². The normalized spacial score (nSPS) is 17.9. The van der Waals surface area contributed by atoms with Crippen LogP contribution in [0.2, 0.25) is 0 Å². The molecule has 25 heavy (non-hydrogen) atoms. The van der Waals surface area contributed by atoms with Crippen molar-refractivity contribution in [2.75, 3.05) is 13.2 Å². The molecule has 7 heteroatoms. The third kappa shape index (κ3) is 4.42. The Morgan fingerprint density at radius 2 is 2.00 bits per heavy atom. The summed E-state index contributed by atoms with van der Waals surface area (Å²) in [5.41, 5.74) is 2.14. The molecule has 0 radical (unpaired) electrons. The highest BCUT2D eigenvalue weighted by Gasteiger charge is 2.31. The number of aromatic amines is 1. The number of carbonyl (C=O) groups excluding carboxylic acids is 1. The first-order chi connectivity index (χ1) is 11.9. The predicted molar refractivity (Wildman–Crippen MR) is 86.0 cm³/mol. The minimum atomic E-state index is -4.33. The molecule has 1 amide bonds. The summed E-state index contributed by atoms with van der Waals surface area (Å²) in [6.07, 6.45) is -0.640. The third-order valence-electron chi connectivity index (χ3n) is 4.23. The fourth-order valence-corrected chi connectivity index (χ4v) is 3.08. The molecule has 1 aliphatic heterocycles. The van der Waals surface area contributed by atoms with E-state index >= 15 is 0 Å². The molecular weight excluding hydrogens is 333 g/mol. The van der Waals surface area contributed by atoms with Crippen molar-refractivity contribution < 1.29 is 22.7 Å². The Bertz CT molecular complexity index is 696. The fraction of sp³-hybridized carbons (Fsp3) is 0.389. The number of aromatic nitrogens is 1. The summed E-state index contributed by atoms with van der Waals surface area (Å²) in [7, 11) is 0. The zero-order chi connectivity index (χ0) is 17.9. The Kier molecular flexibility index (Phi) is 5.13. The van der Waals surface area contributed by atoms with Gasteiger partial charge in [0.25, 0.3) is 5.91 Å². The molecule has 2 aromatic rings. The van der Waals surface area contributed by atoms with Gasteiger partial charge in [0.2, 0.25) is 0 Å². The topological polar surface area (TPSA) is 45.3 Å². The van der Waals surface area contributed by atoms with Gasteiger partial charge in [0.1, 0.15) is 6.61 Å². The van der Waals surface area contributed by atoms with Crippen LogP contribution in [0.15, 0.2) is 42.6 Å². The number of carbonyl (C=O) groups is 1.